The van der Waals surface area contributed by atoms with Crippen LogP contribution in [0.1, 0.15) is 23.2 Å². The summed E-state index contributed by atoms with van der Waals surface area (Å²) in [7, 11) is 0. The van der Waals surface area contributed by atoms with E-state index in [1.54, 1.807) is 0 Å². The molecule has 0 bridgehead atoms. The van der Waals surface area contributed by atoms with Crippen LogP contribution < -0.4 is 10.6 Å². The quantitative estimate of drug-likeness (QED) is 0.901. The molecule has 19 heavy (non-hydrogen) atoms. The van der Waals surface area contributed by atoms with E-state index < -0.39 is 5.82 Å². The molecular formula is C13H17Cl2FN2O. The molecule has 1 amide bonds. The number of hydrogen-bond donors (Lipinski definition) is 2. The first-order valence-corrected chi connectivity index (χ1v) is 6.48. The summed E-state index contributed by atoms with van der Waals surface area (Å²) in [6, 6.07) is 3.80. The fraction of sp³-hybridized carbons (Fsp3) is 0.462. The Labute approximate surface area is 123 Å². The molecule has 1 heterocycles. The van der Waals surface area contributed by atoms with Gasteiger partial charge in [-0.15, -0.1) is 12.4 Å². The van der Waals surface area contributed by atoms with Gasteiger partial charge in [0.15, 0.2) is 0 Å². The number of carbonyl (C=O) groups is 1. The summed E-state index contributed by atoms with van der Waals surface area (Å²) in [6.45, 7) is 2.60. The molecule has 1 unspecified atom stereocenters. The monoisotopic (exact) mass is 306 g/mol. The van der Waals surface area contributed by atoms with E-state index in [0.717, 1.165) is 32.0 Å². The third kappa shape index (κ3) is 4.64. The molecule has 1 fully saturated rings. The van der Waals surface area contributed by atoms with Crippen LogP contribution in [0.4, 0.5) is 4.39 Å². The van der Waals surface area contributed by atoms with E-state index in [1.165, 1.54) is 12.1 Å². The second kappa shape index (κ2) is 7.68. The minimum atomic E-state index is -0.437. The zero-order chi connectivity index (χ0) is 13.0. The highest BCUT2D eigenvalue weighted by Crippen LogP contribution is 2.17. The molecule has 1 aliphatic heterocycles. The zero-order valence-electron chi connectivity index (χ0n) is 10.4. The van der Waals surface area contributed by atoms with Gasteiger partial charge in [-0.1, -0.05) is 11.6 Å². The number of benzene rings is 1. The number of rotatable bonds is 3. The van der Waals surface area contributed by atoms with Gasteiger partial charge in [-0.2, -0.15) is 0 Å². The number of nitrogens with one attached hydrogen (secondary N) is 2. The molecule has 1 aromatic rings. The van der Waals surface area contributed by atoms with E-state index in [9.17, 15) is 9.18 Å². The molecule has 3 nitrogen and oxygen atoms in total. The maximum atomic E-state index is 12.9. The molecule has 0 radical (unpaired) electrons. The third-order valence-electron chi connectivity index (χ3n) is 3.13. The summed E-state index contributed by atoms with van der Waals surface area (Å²) in [5.41, 5.74) is 0.321. The second-order valence-corrected chi connectivity index (χ2v) is 4.95. The van der Waals surface area contributed by atoms with Gasteiger partial charge in [0.1, 0.15) is 5.82 Å². The normalized spacial score (nSPS) is 18.5. The molecule has 1 atom stereocenters. The van der Waals surface area contributed by atoms with Gasteiger partial charge < -0.3 is 10.6 Å². The fourth-order valence-electron chi connectivity index (χ4n) is 2.10. The summed E-state index contributed by atoms with van der Waals surface area (Å²) in [5, 5.41) is 6.28. The van der Waals surface area contributed by atoms with Crippen LogP contribution in [-0.4, -0.2) is 25.5 Å². The average Bonchev–Trinajstić information content (AvgIpc) is 2.37. The summed E-state index contributed by atoms with van der Waals surface area (Å²) >= 11 is 5.83. The minimum absolute atomic E-state index is 0. The first-order valence-electron chi connectivity index (χ1n) is 6.11. The van der Waals surface area contributed by atoms with E-state index >= 15 is 0 Å². The Morgan fingerprint density at radius 1 is 1.53 bits per heavy atom. The molecule has 0 spiro atoms. The van der Waals surface area contributed by atoms with Crippen molar-refractivity contribution in [2.75, 3.05) is 19.6 Å². The molecule has 106 valence electrons. The number of carbonyl (C=O) groups excluding carboxylic acids is 1. The number of amides is 1. The maximum Gasteiger partial charge on any atom is 0.252 e. The molecule has 2 N–H and O–H groups in total. The lowest BCUT2D eigenvalue weighted by molar-refractivity contribution is 0.0945. The Kier molecular flexibility index (Phi) is 6.55. The molecule has 6 heteroatoms. The van der Waals surface area contributed by atoms with Crippen molar-refractivity contribution in [3.8, 4) is 0 Å². The van der Waals surface area contributed by atoms with Gasteiger partial charge in [0.2, 0.25) is 0 Å². The fourth-order valence-corrected chi connectivity index (χ4v) is 2.36. The van der Waals surface area contributed by atoms with Crippen molar-refractivity contribution in [3.63, 3.8) is 0 Å². The van der Waals surface area contributed by atoms with Crippen LogP contribution in [0, 0.1) is 11.7 Å². The molecular weight excluding hydrogens is 290 g/mol. The average molecular weight is 307 g/mol. The van der Waals surface area contributed by atoms with Crippen molar-refractivity contribution in [2.24, 2.45) is 5.92 Å². The Bertz CT molecular complexity index is 437. The molecule has 0 aromatic heterocycles. The lowest BCUT2D eigenvalue weighted by Gasteiger charge is -2.22. The maximum absolute atomic E-state index is 12.9. The first-order chi connectivity index (χ1) is 8.66. The summed E-state index contributed by atoms with van der Waals surface area (Å²) in [4.78, 5) is 11.9. The van der Waals surface area contributed by atoms with E-state index in [1.807, 2.05) is 0 Å². The highest BCUT2D eigenvalue weighted by Gasteiger charge is 2.16. The van der Waals surface area contributed by atoms with Gasteiger partial charge in [-0.25, -0.2) is 4.39 Å². The Hall–Kier alpha value is -0.840. The smallest absolute Gasteiger partial charge is 0.252 e. The minimum Gasteiger partial charge on any atom is -0.352 e. The Balaban J connectivity index is 0.00000180. The van der Waals surface area contributed by atoms with Gasteiger partial charge in [-0.3, -0.25) is 4.79 Å². The van der Waals surface area contributed by atoms with Crippen molar-refractivity contribution in [1.82, 2.24) is 10.6 Å². The van der Waals surface area contributed by atoms with Crippen LogP contribution in [0.3, 0.4) is 0 Å². The summed E-state index contributed by atoms with van der Waals surface area (Å²) in [5.74, 6) is -0.222. The number of halogens is 3. The van der Waals surface area contributed by atoms with Crippen LogP contribution >= 0.6 is 24.0 Å². The predicted molar refractivity (Wildman–Crippen MR) is 76.6 cm³/mol. The highest BCUT2D eigenvalue weighted by molar-refractivity contribution is 6.33. The number of piperidine rings is 1. The Morgan fingerprint density at radius 2 is 2.32 bits per heavy atom. The molecule has 1 aromatic carbocycles. The Morgan fingerprint density at radius 3 is 2.95 bits per heavy atom. The molecule has 0 aliphatic carbocycles. The molecule has 0 saturated carbocycles. The van der Waals surface area contributed by atoms with Crippen LogP contribution in [0.25, 0.3) is 0 Å². The van der Waals surface area contributed by atoms with Gasteiger partial charge >= 0.3 is 0 Å². The topological polar surface area (TPSA) is 41.1 Å². The second-order valence-electron chi connectivity index (χ2n) is 4.55. The lowest BCUT2D eigenvalue weighted by Crippen LogP contribution is -2.38. The third-order valence-corrected chi connectivity index (χ3v) is 3.44. The largest absolute Gasteiger partial charge is 0.352 e. The summed E-state index contributed by atoms with van der Waals surface area (Å²) < 4.78 is 12.9. The van der Waals surface area contributed by atoms with E-state index in [4.69, 9.17) is 11.6 Å². The van der Waals surface area contributed by atoms with Crippen LogP contribution in [0.5, 0.6) is 0 Å². The van der Waals surface area contributed by atoms with Gasteiger partial charge in [0, 0.05) is 6.54 Å². The molecule has 1 saturated heterocycles. The first kappa shape index (κ1) is 16.2. The van der Waals surface area contributed by atoms with E-state index in [0.29, 0.717) is 18.0 Å². The van der Waals surface area contributed by atoms with E-state index in [2.05, 4.69) is 10.6 Å². The standard InChI is InChI=1S/C13H16ClFN2O.ClH/c14-12-6-10(15)3-4-11(12)13(18)17-8-9-2-1-5-16-7-9;/h3-4,6,9,16H,1-2,5,7-8H2,(H,17,18);1H. The van der Waals surface area contributed by atoms with Crippen molar-refractivity contribution in [3.05, 3.63) is 34.6 Å². The van der Waals surface area contributed by atoms with Gasteiger partial charge in [-0.05, 0) is 50.0 Å². The van der Waals surface area contributed by atoms with Crippen molar-refractivity contribution >= 4 is 29.9 Å². The van der Waals surface area contributed by atoms with Crippen molar-refractivity contribution < 1.29 is 9.18 Å². The van der Waals surface area contributed by atoms with Crippen LogP contribution in [0.2, 0.25) is 5.02 Å². The van der Waals surface area contributed by atoms with E-state index in [-0.39, 0.29) is 23.3 Å². The number of hydrogen-bond acceptors (Lipinski definition) is 2. The molecule has 2 rings (SSSR count). The van der Waals surface area contributed by atoms with Crippen LogP contribution in [0.15, 0.2) is 18.2 Å². The lowest BCUT2D eigenvalue weighted by atomic mass is 9.99. The highest BCUT2D eigenvalue weighted by atomic mass is 35.5. The summed E-state index contributed by atoms with van der Waals surface area (Å²) in [6.07, 6.45) is 2.25. The predicted octanol–water partition coefficient (Wildman–Crippen LogP) is 2.63. The zero-order valence-corrected chi connectivity index (χ0v) is 12.0. The van der Waals surface area contributed by atoms with Crippen molar-refractivity contribution in [1.29, 1.82) is 0 Å². The van der Waals surface area contributed by atoms with Crippen LogP contribution in [-0.2, 0) is 0 Å². The SMILES string of the molecule is Cl.O=C(NCC1CCCNC1)c1ccc(F)cc1Cl. The van der Waals surface area contributed by atoms with Crippen molar-refractivity contribution in [2.45, 2.75) is 12.8 Å². The van der Waals surface area contributed by atoms with Gasteiger partial charge in [0.25, 0.3) is 5.91 Å². The molecule has 1 aliphatic rings. The van der Waals surface area contributed by atoms with Gasteiger partial charge in [0.05, 0.1) is 10.6 Å².